The Balaban J connectivity index is 0.000000290. The van der Waals surface area contributed by atoms with Crippen molar-refractivity contribution in [2.24, 2.45) is 0 Å². The number of carboxylic acids is 1. The molecule has 1 aliphatic rings. The van der Waals surface area contributed by atoms with E-state index in [0.29, 0.717) is 22.9 Å². The van der Waals surface area contributed by atoms with E-state index in [0.717, 1.165) is 5.56 Å². The number of ether oxygens (including phenoxy) is 1. The molecule has 0 unspecified atom stereocenters. The van der Waals surface area contributed by atoms with Gasteiger partial charge in [0.2, 0.25) is 0 Å². The smallest absolute Gasteiger partial charge is 0.138 e. The highest BCUT2D eigenvalue weighted by Gasteiger charge is 2.05. The van der Waals surface area contributed by atoms with Crippen molar-refractivity contribution in [2.45, 2.75) is 13.0 Å². The average Bonchev–Trinajstić information content (AvgIpc) is 2.63. The third kappa shape index (κ3) is 7.44. The Hall–Kier alpha value is -2.08. The lowest BCUT2D eigenvalue weighted by atomic mass is 10.1. The molecule has 3 rings (SSSR count). The normalized spacial score (nSPS) is 14.2. The van der Waals surface area contributed by atoms with Crippen LogP contribution in [0.3, 0.4) is 0 Å². The molecule has 26 heavy (non-hydrogen) atoms. The van der Waals surface area contributed by atoms with Crippen molar-refractivity contribution in [1.29, 1.82) is 0 Å². The Morgan fingerprint density at radius 1 is 1.15 bits per heavy atom. The summed E-state index contributed by atoms with van der Waals surface area (Å²) in [5, 5.41) is 14.2. The number of benzene rings is 2. The first kappa shape index (κ1) is 20.2. The molecular weight excluding hydrogens is 352 g/mol. The van der Waals surface area contributed by atoms with Gasteiger partial charge in [0.1, 0.15) is 12.4 Å². The lowest BCUT2D eigenvalue weighted by Gasteiger charge is -2.19. The first-order valence-electron chi connectivity index (χ1n) is 8.71. The van der Waals surface area contributed by atoms with Crippen LogP contribution < -0.4 is 20.1 Å². The van der Waals surface area contributed by atoms with Gasteiger partial charge in [-0.25, -0.2) is 0 Å². The zero-order chi connectivity index (χ0) is 18.8. The fourth-order valence-electron chi connectivity index (χ4n) is 2.53. The molecule has 0 aliphatic carbocycles. The number of hydrogen-bond acceptors (Lipinski definition) is 4. The van der Waals surface area contributed by atoms with Gasteiger partial charge in [0.15, 0.2) is 0 Å². The molecule has 2 aromatic rings. The summed E-state index contributed by atoms with van der Waals surface area (Å²) in [7, 11) is 2.24. The van der Waals surface area contributed by atoms with Crippen LogP contribution in [0.5, 0.6) is 5.75 Å². The molecule has 1 fully saturated rings. The summed E-state index contributed by atoms with van der Waals surface area (Å²) < 4.78 is 5.59. The lowest BCUT2D eigenvalue weighted by molar-refractivity contribution is -0.881. The minimum Gasteiger partial charge on any atom is -0.550 e. The third-order valence-electron chi connectivity index (χ3n) is 4.04. The van der Waals surface area contributed by atoms with Crippen LogP contribution in [0.1, 0.15) is 11.1 Å². The highest BCUT2D eigenvalue weighted by atomic mass is 35.5. The maximum atomic E-state index is 10.5. The van der Waals surface area contributed by atoms with E-state index in [4.69, 9.17) is 16.3 Å². The van der Waals surface area contributed by atoms with Gasteiger partial charge >= 0.3 is 0 Å². The molecule has 140 valence electrons. The monoisotopic (exact) mass is 376 g/mol. The van der Waals surface area contributed by atoms with Crippen LogP contribution >= 0.6 is 11.6 Å². The first-order valence-corrected chi connectivity index (χ1v) is 9.09. The number of quaternary nitrogens is 1. The van der Waals surface area contributed by atoms with E-state index in [1.165, 1.54) is 26.2 Å². The summed E-state index contributed by atoms with van der Waals surface area (Å²) in [6.45, 7) is 5.40. The average molecular weight is 377 g/mol. The van der Waals surface area contributed by atoms with Crippen LogP contribution in [0.4, 0.5) is 0 Å². The summed E-state index contributed by atoms with van der Waals surface area (Å²) in [4.78, 5) is 12.1. The molecule has 1 heterocycles. The van der Waals surface area contributed by atoms with Crippen molar-refractivity contribution in [1.82, 2.24) is 5.32 Å². The molecule has 2 aromatic carbocycles. The molecule has 1 aliphatic heterocycles. The topological polar surface area (TPSA) is 65.8 Å². The van der Waals surface area contributed by atoms with Crippen molar-refractivity contribution >= 4 is 17.6 Å². The number of carbonyl (C=O) groups is 1. The van der Waals surface area contributed by atoms with Crippen LogP contribution in [-0.4, -0.2) is 39.2 Å². The highest BCUT2D eigenvalue weighted by molar-refractivity contribution is 6.32. The Morgan fingerprint density at radius 3 is 2.38 bits per heavy atom. The van der Waals surface area contributed by atoms with Crippen LogP contribution in [0, 0.1) is 0 Å². The van der Waals surface area contributed by atoms with Gasteiger partial charge in [0.05, 0.1) is 25.2 Å². The number of carbonyl (C=O) groups excluding carboxylic acids is 1. The summed E-state index contributed by atoms with van der Waals surface area (Å²) in [6.07, 6.45) is -0.154. The lowest BCUT2D eigenvalue weighted by Crippen LogP contribution is -3.12. The maximum Gasteiger partial charge on any atom is 0.138 e. The molecule has 6 heteroatoms. The number of aliphatic carboxylic acids is 1. The fraction of sp³-hybridized carbons (Fsp3) is 0.350. The van der Waals surface area contributed by atoms with Gasteiger partial charge in [0, 0.05) is 25.5 Å². The Kier molecular flexibility index (Phi) is 8.41. The summed E-state index contributed by atoms with van der Waals surface area (Å²) in [5.74, 6) is -0.596. The largest absolute Gasteiger partial charge is 0.550 e. The quantitative estimate of drug-likeness (QED) is 0.788. The van der Waals surface area contributed by atoms with Crippen LogP contribution in [0.2, 0.25) is 5.02 Å². The zero-order valence-corrected chi connectivity index (χ0v) is 15.7. The van der Waals surface area contributed by atoms with E-state index in [9.17, 15) is 9.90 Å². The minimum atomic E-state index is -1.13. The third-order valence-corrected chi connectivity index (χ3v) is 4.33. The van der Waals surface area contributed by atoms with Gasteiger partial charge in [-0.05, 0) is 23.3 Å². The van der Waals surface area contributed by atoms with Crippen molar-refractivity contribution in [3.05, 3.63) is 64.7 Å². The molecular formula is C20H25ClN2O3. The van der Waals surface area contributed by atoms with E-state index >= 15 is 0 Å². The fourth-order valence-corrected chi connectivity index (χ4v) is 2.78. The van der Waals surface area contributed by atoms with Gasteiger partial charge in [-0.2, -0.15) is 0 Å². The summed E-state index contributed by atoms with van der Waals surface area (Å²) in [6, 6.07) is 14.6. The van der Waals surface area contributed by atoms with Gasteiger partial charge in [-0.15, -0.1) is 0 Å². The van der Waals surface area contributed by atoms with E-state index in [2.05, 4.69) is 12.4 Å². The Bertz CT molecular complexity index is 689. The minimum absolute atomic E-state index is 0.154. The van der Waals surface area contributed by atoms with E-state index in [1.54, 1.807) is 23.1 Å². The van der Waals surface area contributed by atoms with Crippen molar-refractivity contribution in [2.75, 3.05) is 33.2 Å². The SMILES string of the molecule is C[NH+]1CCNCC1.O=C([O-])Cc1ccc(OCc2ccccc2)c(Cl)c1. The molecule has 0 bridgehead atoms. The number of nitrogens with one attached hydrogen (secondary N) is 2. The summed E-state index contributed by atoms with van der Waals surface area (Å²) in [5.41, 5.74) is 1.63. The second-order valence-corrected chi connectivity index (χ2v) is 6.70. The molecule has 0 aromatic heterocycles. The number of carboxylic acid groups (broad SMARTS) is 1. The van der Waals surface area contributed by atoms with Gasteiger partial charge < -0.3 is 24.9 Å². The number of rotatable bonds is 5. The molecule has 2 N–H and O–H groups in total. The second kappa shape index (κ2) is 10.8. The van der Waals surface area contributed by atoms with Crippen molar-refractivity contribution in [3.63, 3.8) is 0 Å². The van der Waals surface area contributed by atoms with Gasteiger partial charge in [-0.3, -0.25) is 0 Å². The summed E-state index contributed by atoms with van der Waals surface area (Å²) >= 11 is 6.04. The highest BCUT2D eigenvalue weighted by Crippen LogP contribution is 2.26. The van der Waals surface area contributed by atoms with Gasteiger partial charge in [-0.1, -0.05) is 48.0 Å². The zero-order valence-electron chi connectivity index (χ0n) is 15.0. The van der Waals surface area contributed by atoms with E-state index in [-0.39, 0.29) is 6.42 Å². The number of hydrogen-bond donors (Lipinski definition) is 2. The molecule has 0 amide bonds. The second-order valence-electron chi connectivity index (χ2n) is 6.29. The molecule has 0 radical (unpaired) electrons. The molecule has 5 nitrogen and oxygen atoms in total. The predicted octanol–water partition coefficient (Wildman–Crippen LogP) is 0.316. The maximum absolute atomic E-state index is 10.5. The van der Waals surface area contributed by atoms with Gasteiger partial charge in [0.25, 0.3) is 0 Å². The molecule has 1 saturated heterocycles. The van der Waals surface area contributed by atoms with Crippen LogP contribution in [0.25, 0.3) is 0 Å². The Labute approximate surface area is 159 Å². The molecule has 0 spiro atoms. The standard InChI is InChI=1S/C15H13ClO3.C5H12N2/c16-13-8-12(9-15(17)18)6-7-14(13)19-10-11-4-2-1-3-5-11;1-7-4-2-6-3-5-7/h1-8H,9-10H2,(H,17,18);6H,2-5H2,1H3. The number of likely N-dealkylation sites (N-methyl/N-ethyl adjacent to an activating group) is 1. The van der Waals surface area contributed by atoms with E-state index in [1.807, 2.05) is 30.3 Å². The first-order chi connectivity index (χ1) is 12.5. The van der Waals surface area contributed by atoms with Crippen LogP contribution in [0.15, 0.2) is 48.5 Å². The van der Waals surface area contributed by atoms with E-state index < -0.39 is 5.97 Å². The molecule has 0 saturated carbocycles. The predicted molar refractivity (Wildman–Crippen MR) is 100 cm³/mol. The molecule has 0 atom stereocenters. The Morgan fingerprint density at radius 2 is 1.85 bits per heavy atom. The van der Waals surface area contributed by atoms with Crippen LogP contribution in [-0.2, 0) is 17.8 Å². The van der Waals surface area contributed by atoms with Crippen molar-refractivity contribution < 1.29 is 19.5 Å². The number of piperazine rings is 1. The van der Waals surface area contributed by atoms with Crippen molar-refractivity contribution in [3.8, 4) is 5.75 Å². The number of halogens is 1.